The van der Waals surface area contributed by atoms with Crippen LogP contribution in [0.25, 0.3) is 123 Å². The van der Waals surface area contributed by atoms with E-state index in [1.807, 2.05) is 24.3 Å². The van der Waals surface area contributed by atoms with E-state index in [2.05, 4.69) is 212 Å². The van der Waals surface area contributed by atoms with Gasteiger partial charge in [-0.1, -0.05) is 224 Å². The van der Waals surface area contributed by atoms with Crippen LogP contribution >= 0.6 is 0 Å². The van der Waals surface area contributed by atoms with Crippen molar-refractivity contribution in [3.05, 3.63) is 237 Å². The van der Waals surface area contributed by atoms with E-state index in [4.69, 9.17) is 19.4 Å². The predicted octanol–water partition coefficient (Wildman–Crippen LogP) is 16.3. The molecular formula is C61H39N3O. The van der Waals surface area contributed by atoms with Crippen molar-refractivity contribution >= 4 is 32.7 Å². The van der Waals surface area contributed by atoms with Gasteiger partial charge in [0.2, 0.25) is 0 Å². The molecule has 0 aliphatic carbocycles. The lowest BCUT2D eigenvalue weighted by Gasteiger charge is -2.12. The van der Waals surface area contributed by atoms with Crippen LogP contribution in [-0.4, -0.2) is 15.0 Å². The Bertz CT molecular complexity index is 3670. The highest BCUT2D eigenvalue weighted by Gasteiger charge is 2.21. The molecule has 2 heterocycles. The molecule has 0 aliphatic heterocycles. The van der Waals surface area contributed by atoms with Crippen LogP contribution in [-0.2, 0) is 0 Å². The van der Waals surface area contributed by atoms with Crippen molar-refractivity contribution in [2.24, 2.45) is 0 Å². The van der Waals surface area contributed by atoms with Crippen molar-refractivity contribution in [3.8, 4) is 89.8 Å². The Labute approximate surface area is 376 Å². The molecule has 0 saturated heterocycles. The predicted molar refractivity (Wildman–Crippen MR) is 268 cm³/mol. The van der Waals surface area contributed by atoms with Crippen molar-refractivity contribution in [1.29, 1.82) is 0 Å². The summed E-state index contributed by atoms with van der Waals surface area (Å²) in [4.78, 5) is 15.6. The minimum Gasteiger partial charge on any atom is -0.455 e. The SMILES string of the molecule is c1ccc(-c2ccc(-c3nc(-c4ccc(-c5cccc(-c6ccccc6)c5)cc4)nc(-c4cccc5oc6c(-c7ccc(-c8ccccc8)c8ccccc78)cccc6c45)n3)cc2)cc1. The molecule has 65 heavy (non-hydrogen) atoms. The van der Waals surface area contributed by atoms with Crippen molar-refractivity contribution in [1.82, 2.24) is 15.0 Å². The second-order valence-corrected chi connectivity index (χ2v) is 16.3. The van der Waals surface area contributed by atoms with Gasteiger partial charge in [-0.2, -0.15) is 0 Å². The lowest BCUT2D eigenvalue weighted by Crippen LogP contribution is -2.00. The first-order chi connectivity index (χ1) is 32.2. The Kier molecular flexibility index (Phi) is 9.46. The summed E-state index contributed by atoms with van der Waals surface area (Å²) in [6.45, 7) is 0. The smallest absolute Gasteiger partial charge is 0.164 e. The van der Waals surface area contributed by atoms with Crippen LogP contribution in [0.5, 0.6) is 0 Å². The van der Waals surface area contributed by atoms with Gasteiger partial charge in [0.25, 0.3) is 0 Å². The highest BCUT2D eigenvalue weighted by molar-refractivity contribution is 6.17. The third-order valence-electron chi connectivity index (χ3n) is 12.4. The normalized spacial score (nSPS) is 11.4. The first kappa shape index (κ1) is 38.0. The number of hydrogen-bond acceptors (Lipinski definition) is 4. The summed E-state index contributed by atoms with van der Waals surface area (Å²) in [5.74, 6) is 1.77. The zero-order valence-electron chi connectivity index (χ0n) is 35.3. The molecule has 2 aromatic heterocycles. The highest BCUT2D eigenvalue weighted by Crippen LogP contribution is 2.43. The molecule has 304 valence electrons. The highest BCUT2D eigenvalue weighted by atomic mass is 16.3. The van der Waals surface area contributed by atoms with Gasteiger partial charge in [-0.05, 0) is 73.0 Å². The molecule has 4 nitrogen and oxygen atoms in total. The van der Waals surface area contributed by atoms with Gasteiger partial charge in [0.1, 0.15) is 11.2 Å². The van der Waals surface area contributed by atoms with E-state index in [0.29, 0.717) is 17.5 Å². The maximum Gasteiger partial charge on any atom is 0.164 e. The van der Waals surface area contributed by atoms with E-state index in [1.54, 1.807) is 0 Å². The molecule has 10 aromatic carbocycles. The van der Waals surface area contributed by atoms with Gasteiger partial charge < -0.3 is 4.42 Å². The third kappa shape index (κ3) is 7.04. The molecule has 12 rings (SSSR count). The maximum absolute atomic E-state index is 6.87. The van der Waals surface area contributed by atoms with Gasteiger partial charge >= 0.3 is 0 Å². The number of aromatic nitrogens is 3. The number of hydrogen-bond donors (Lipinski definition) is 0. The van der Waals surface area contributed by atoms with Crippen LogP contribution in [0.2, 0.25) is 0 Å². The minimum atomic E-state index is 0.577. The number of benzene rings is 10. The summed E-state index contributed by atoms with van der Waals surface area (Å²) in [6.07, 6.45) is 0. The lowest BCUT2D eigenvalue weighted by molar-refractivity contribution is 0.670. The minimum absolute atomic E-state index is 0.577. The number of nitrogens with zero attached hydrogens (tertiary/aromatic N) is 3. The van der Waals surface area contributed by atoms with E-state index in [9.17, 15) is 0 Å². The van der Waals surface area contributed by atoms with Crippen LogP contribution in [0, 0.1) is 0 Å². The van der Waals surface area contributed by atoms with Crippen molar-refractivity contribution in [2.75, 3.05) is 0 Å². The molecule has 0 N–H and O–H groups in total. The molecule has 0 fully saturated rings. The van der Waals surface area contributed by atoms with Crippen LogP contribution in [0.4, 0.5) is 0 Å². The lowest BCUT2D eigenvalue weighted by atomic mass is 9.91. The molecule has 0 atom stereocenters. The second-order valence-electron chi connectivity index (χ2n) is 16.3. The number of fused-ring (bicyclic) bond motifs is 4. The molecule has 0 spiro atoms. The van der Waals surface area contributed by atoms with E-state index >= 15 is 0 Å². The molecule has 0 saturated carbocycles. The van der Waals surface area contributed by atoms with Gasteiger partial charge in [-0.25, -0.2) is 15.0 Å². The first-order valence-electron chi connectivity index (χ1n) is 21.9. The number of rotatable bonds is 8. The fraction of sp³-hybridized carbons (Fsp3) is 0. The van der Waals surface area contributed by atoms with Crippen molar-refractivity contribution in [3.63, 3.8) is 0 Å². The fourth-order valence-electron chi connectivity index (χ4n) is 9.17. The standard InChI is InChI=1S/C61H39N3O/c1-4-15-40(16-5-1)42-29-33-45(34-30-42)59-62-60(46-35-31-43(32-36-46)48-22-12-21-47(39-48)41-17-6-2-7-18-41)64-61(63-59)55-27-14-28-56-57(55)54-26-13-25-53(58(54)65-56)52-38-37-49(44-19-8-3-9-20-44)50-23-10-11-24-51(50)52/h1-39H. The van der Waals surface area contributed by atoms with Crippen LogP contribution in [0.1, 0.15) is 0 Å². The van der Waals surface area contributed by atoms with Gasteiger partial charge in [-0.3, -0.25) is 0 Å². The third-order valence-corrected chi connectivity index (χ3v) is 12.4. The first-order valence-corrected chi connectivity index (χ1v) is 21.9. The average Bonchev–Trinajstić information content (AvgIpc) is 3.79. The Hall–Kier alpha value is -8.73. The zero-order valence-corrected chi connectivity index (χ0v) is 35.3. The Balaban J connectivity index is 0.992. The quantitative estimate of drug-likeness (QED) is 0.153. The summed E-state index contributed by atoms with van der Waals surface area (Å²) in [5.41, 5.74) is 15.7. The molecule has 0 radical (unpaired) electrons. The maximum atomic E-state index is 6.87. The van der Waals surface area contributed by atoms with Crippen LogP contribution in [0.3, 0.4) is 0 Å². The second kappa shape index (κ2) is 16.2. The van der Waals surface area contributed by atoms with E-state index < -0.39 is 0 Å². The zero-order chi connectivity index (χ0) is 43.1. The van der Waals surface area contributed by atoms with Gasteiger partial charge in [-0.15, -0.1) is 0 Å². The Morgan fingerprint density at radius 2 is 0.662 bits per heavy atom. The Morgan fingerprint density at radius 3 is 1.29 bits per heavy atom. The summed E-state index contributed by atoms with van der Waals surface area (Å²) < 4.78 is 6.87. The fourth-order valence-corrected chi connectivity index (χ4v) is 9.17. The monoisotopic (exact) mass is 829 g/mol. The number of furan rings is 1. The van der Waals surface area contributed by atoms with Gasteiger partial charge in [0.15, 0.2) is 17.5 Å². The van der Waals surface area contributed by atoms with E-state index in [0.717, 1.165) is 72.0 Å². The van der Waals surface area contributed by atoms with E-state index in [-0.39, 0.29) is 0 Å². The van der Waals surface area contributed by atoms with E-state index in [1.165, 1.54) is 33.0 Å². The van der Waals surface area contributed by atoms with Crippen molar-refractivity contribution < 1.29 is 4.42 Å². The largest absolute Gasteiger partial charge is 0.455 e. The molecule has 0 unspecified atom stereocenters. The Morgan fingerprint density at radius 1 is 0.246 bits per heavy atom. The molecule has 0 amide bonds. The molecule has 12 aromatic rings. The van der Waals surface area contributed by atoms with Crippen LogP contribution < -0.4 is 0 Å². The average molecular weight is 830 g/mol. The molecule has 4 heteroatoms. The molecular weight excluding hydrogens is 791 g/mol. The molecule has 0 bridgehead atoms. The van der Waals surface area contributed by atoms with Crippen LogP contribution in [0.15, 0.2) is 241 Å². The summed E-state index contributed by atoms with van der Waals surface area (Å²) in [6, 6.07) is 82.8. The van der Waals surface area contributed by atoms with Gasteiger partial charge in [0.05, 0.1) is 0 Å². The summed E-state index contributed by atoms with van der Waals surface area (Å²) in [5, 5.41) is 4.33. The van der Waals surface area contributed by atoms with Gasteiger partial charge in [0, 0.05) is 33.0 Å². The van der Waals surface area contributed by atoms with Crippen molar-refractivity contribution in [2.45, 2.75) is 0 Å². The topological polar surface area (TPSA) is 51.8 Å². The summed E-state index contributed by atoms with van der Waals surface area (Å²) in [7, 11) is 0. The summed E-state index contributed by atoms with van der Waals surface area (Å²) >= 11 is 0. The number of para-hydroxylation sites is 1. The molecule has 0 aliphatic rings.